The second-order valence-electron chi connectivity index (χ2n) is 7.87. The average molecular weight is 412 g/mol. The Morgan fingerprint density at radius 1 is 0.867 bits per heavy atom. The van der Waals surface area contributed by atoms with Gasteiger partial charge in [-0.25, -0.2) is 4.79 Å². The van der Waals surface area contributed by atoms with Crippen molar-refractivity contribution in [2.45, 2.75) is 45.8 Å². The third-order valence-corrected chi connectivity index (χ3v) is 3.93. The second kappa shape index (κ2) is 11.0. The molecule has 0 bridgehead atoms. The third-order valence-electron chi connectivity index (χ3n) is 3.93. The van der Waals surface area contributed by atoms with E-state index in [4.69, 9.17) is 4.74 Å². The van der Waals surface area contributed by atoms with E-state index in [0.29, 0.717) is 18.7 Å². The summed E-state index contributed by atoms with van der Waals surface area (Å²) in [5.74, 6) is -0.292. The topological polar surface area (TPSA) is 96.5 Å². The van der Waals surface area contributed by atoms with Gasteiger partial charge in [-0.1, -0.05) is 42.5 Å². The van der Waals surface area contributed by atoms with E-state index in [-0.39, 0.29) is 24.8 Å². The minimum absolute atomic E-state index is 0.0659. The summed E-state index contributed by atoms with van der Waals surface area (Å²) in [6.07, 6.45) is -0.109. The first kappa shape index (κ1) is 22.9. The number of ether oxygens (including phenoxy) is 1. The van der Waals surface area contributed by atoms with Crippen LogP contribution in [-0.4, -0.2) is 30.1 Å². The molecule has 0 unspecified atom stereocenters. The average Bonchev–Trinajstić information content (AvgIpc) is 2.66. The lowest BCUT2D eigenvalue weighted by atomic mass is 10.1. The van der Waals surface area contributed by atoms with Crippen LogP contribution in [0.4, 0.5) is 10.5 Å². The van der Waals surface area contributed by atoms with Crippen molar-refractivity contribution < 1.29 is 19.1 Å². The van der Waals surface area contributed by atoms with Crippen molar-refractivity contribution >= 4 is 23.6 Å². The van der Waals surface area contributed by atoms with E-state index in [9.17, 15) is 14.4 Å². The molecule has 0 aliphatic heterocycles. The lowest BCUT2D eigenvalue weighted by Crippen LogP contribution is -2.34. The molecular formula is C23H29N3O4. The van der Waals surface area contributed by atoms with Gasteiger partial charge in [-0.15, -0.1) is 0 Å². The highest BCUT2D eigenvalue weighted by Gasteiger charge is 2.15. The number of hydrogen-bond acceptors (Lipinski definition) is 4. The van der Waals surface area contributed by atoms with Gasteiger partial charge in [0.2, 0.25) is 11.8 Å². The molecule has 3 amide bonds. The molecule has 0 saturated carbocycles. The Kier molecular flexibility index (Phi) is 8.41. The van der Waals surface area contributed by atoms with Crippen LogP contribution < -0.4 is 16.0 Å². The summed E-state index contributed by atoms with van der Waals surface area (Å²) in [4.78, 5) is 35.8. The van der Waals surface area contributed by atoms with Crippen LogP contribution in [0.15, 0.2) is 54.6 Å². The summed E-state index contributed by atoms with van der Waals surface area (Å²) in [6, 6.07) is 16.8. The van der Waals surface area contributed by atoms with Gasteiger partial charge in [0, 0.05) is 25.2 Å². The SMILES string of the molecule is CC(C)(C)OC(=O)NCCC(=O)Nc1cccc(CNC(=O)Cc2ccccc2)c1. The number of benzene rings is 2. The van der Waals surface area contributed by atoms with Crippen LogP contribution in [0.3, 0.4) is 0 Å². The largest absolute Gasteiger partial charge is 0.444 e. The molecule has 7 heteroatoms. The van der Waals surface area contributed by atoms with Crippen LogP contribution in [0.25, 0.3) is 0 Å². The van der Waals surface area contributed by atoms with Crippen molar-refractivity contribution in [1.82, 2.24) is 10.6 Å². The van der Waals surface area contributed by atoms with E-state index in [0.717, 1.165) is 11.1 Å². The minimum Gasteiger partial charge on any atom is -0.444 e. The van der Waals surface area contributed by atoms with Crippen molar-refractivity contribution in [3.63, 3.8) is 0 Å². The Balaban J connectivity index is 1.74. The van der Waals surface area contributed by atoms with E-state index in [2.05, 4.69) is 16.0 Å². The molecule has 160 valence electrons. The maximum atomic E-state index is 12.1. The summed E-state index contributed by atoms with van der Waals surface area (Å²) in [5, 5.41) is 8.22. The van der Waals surface area contributed by atoms with Crippen LogP contribution in [0, 0.1) is 0 Å². The second-order valence-corrected chi connectivity index (χ2v) is 7.87. The van der Waals surface area contributed by atoms with Gasteiger partial charge in [-0.05, 0) is 44.0 Å². The van der Waals surface area contributed by atoms with E-state index >= 15 is 0 Å². The van der Waals surface area contributed by atoms with Crippen molar-refractivity contribution in [3.05, 3.63) is 65.7 Å². The van der Waals surface area contributed by atoms with Crippen LogP contribution in [0.2, 0.25) is 0 Å². The van der Waals surface area contributed by atoms with Gasteiger partial charge < -0.3 is 20.7 Å². The number of carbonyl (C=O) groups is 3. The van der Waals surface area contributed by atoms with Crippen LogP contribution >= 0.6 is 0 Å². The fourth-order valence-corrected chi connectivity index (χ4v) is 2.62. The van der Waals surface area contributed by atoms with Crippen molar-refractivity contribution in [2.75, 3.05) is 11.9 Å². The van der Waals surface area contributed by atoms with E-state index in [1.807, 2.05) is 48.5 Å². The molecule has 0 atom stereocenters. The number of hydrogen-bond donors (Lipinski definition) is 3. The maximum Gasteiger partial charge on any atom is 0.407 e. The zero-order valence-electron chi connectivity index (χ0n) is 17.7. The van der Waals surface area contributed by atoms with Gasteiger partial charge in [0.15, 0.2) is 0 Å². The Labute approximate surface area is 177 Å². The molecule has 30 heavy (non-hydrogen) atoms. The molecule has 0 fully saturated rings. The zero-order valence-corrected chi connectivity index (χ0v) is 17.7. The molecular weight excluding hydrogens is 382 g/mol. The van der Waals surface area contributed by atoms with Crippen LogP contribution in [-0.2, 0) is 27.3 Å². The number of anilines is 1. The predicted molar refractivity (Wildman–Crippen MR) is 116 cm³/mol. The molecule has 0 saturated heterocycles. The first-order valence-corrected chi connectivity index (χ1v) is 9.87. The highest BCUT2D eigenvalue weighted by molar-refractivity contribution is 5.91. The van der Waals surface area contributed by atoms with Gasteiger partial charge in [0.1, 0.15) is 5.60 Å². The Morgan fingerprint density at radius 2 is 1.57 bits per heavy atom. The number of alkyl carbamates (subject to hydrolysis) is 1. The van der Waals surface area contributed by atoms with Gasteiger partial charge >= 0.3 is 6.09 Å². The highest BCUT2D eigenvalue weighted by Crippen LogP contribution is 2.11. The van der Waals surface area contributed by atoms with Crippen molar-refractivity contribution in [2.24, 2.45) is 0 Å². The van der Waals surface area contributed by atoms with Crippen molar-refractivity contribution in [1.29, 1.82) is 0 Å². The third kappa shape index (κ3) is 9.23. The van der Waals surface area contributed by atoms with Gasteiger partial charge in [0.05, 0.1) is 6.42 Å². The highest BCUT2D eigenvalue weighted by atomic mass is 16.6. The van der Waals surface area contributed by atoms with Crippen LogP contribution in [0.1, 0.15) is 38.3 Å². The number of amides is 3. The number of rotatable bonds is 8. The molecule has 0 aromatic heterocycles. The Hall–Kier alpha value is -3.35. The Morgan fingerprint density at radius 3 is 2.27 bits per heavy atom. The lowest BCUT2D eigenvalue weighted by Gasteiger charge is -2.19. The smallest absolute Gasteiger partial charge is 0.407 e. The molecule has 2 aromatic rings. The van der Waals surface area contributed by atoms with Gasteiger partial charge in [0.25, 0.3) is 0 Å². The molecule has 2 rings (SSSR count). The molecule has 0 aliphatic rings. The lowest BCUT2D eigenvalue weighted by molar-refractivity contribution is -0.120. The molecule has 0 spiro atoms. The monoisotopic (exact) mass is 411 g/mol. The molecule has 3 N–H and O–H groups in total. The molecule has 0 aliphatic carbocycles. The van der Waals surface area contributed by atoms with Gasteiger partial charge in [-0.3, -0.25) is 9.59 Å². The van der Waals surface area contributed by atoms with E-state index < -0.39 is 11.7 Å². The fraction of sp³-hybridized carbons (Fsp3) is 0.348. The maximum absolute atomic E-state index is 12.1. The molecule has 0 radical (unpaired) electrons. The van der Waals surface area contributed by atoms with Crippen molar-refractivity contribution in [3.8, 4) is 0 Å². The summed E-state index contributed by atoms with van der Waals surface area (Å²) < 4.78 is 5.12. The normalized spacial score (nSPS) is 10.8. The first-order valence-electron chi connectivity index (χ1n) is 9.87. The molecule has 0 heterocycles. The molecule has 7 nitrogen and oxygen atoms in total. The Bertz CT molecular complexity index is 860. The van der Waals surface area contributed by atoms with Crippen LogP contribution in [0.5, 0.6) is 0 Å². The minimum atomic E-state index is -0.580. The van der Waals surface area contributed by atoms with E-state index in [1.54, 1.807) is 26.8 Å². The zero-order chi connectivity index (χ0) is 22.0. The summed E-state index contributed by atoms with van der Waals surface area (Å²) >= 11 is 0. The van der Waals surface area contributed by atoms with E-state index in [1.165, 1.54) is 0 Å². The summed E-state index contributed by atoms with van der Waals surface area (Å²) in [7, 11) is 0. The number of nitrogens with one attached hydrogen (secondary N) is 3. The summed E-state index contributed by atoms with van der Waals surface area (Å²) in [5.41, 5.74) is 1.88. The molecule has 2 aromatic carbocycles. The quantitative estimate of drug-likeness (QED) is 0.620. The first-order chi connectivity index (χ1) is 14.2. The van der Waals surface area contributed by atoms with Gasteiger partial charge in [-0.2, -0.15) is 0 Å². The summed E-state index contributed by atoms with van der Waals surface area (Å²) in [6.45, 7) is 5.87. The fourth-order valence-electron chi connectivity index (χ4n) is 2.62. The number of carbonyl (C=O) groups excluding carboxylic acids is 3. The standard InChI is InChI=1S/C23H29N3O4/c1-23(2,3)30-22(29)24-13-12-20(27)26-19-11-7-10-18(14-19)16-25-21(28)15-17-8-5-4-6-9-17/h4-11,14H,12-13,15-16H2,1-3H3,(H,24,29)(H,25,28)(H,26,27). The predicted octanol–water partition coefficient (Wildman–Crippen LogP) is 3.40.